The van der Waals surface area contributed by atoms with Crippen LogP contribution in [0.25, 0.3) is 0 Å². The second kappa shape index (κ2) is 4.77. The van der Waals surface area contributed by atoms with Gasteiger partial charge in [0.25, 0.3) is 0 Å². The fourth-order valence-electron chi connectivity index (χ4n) is 1.77. The van der Waals surface area contributed by atoms with Crippen molar-refractivity contribution >= 4 is 0 Å². The first-order valence-electron chi connectivity index (χ1n) is 5.28. The van der Waals surface area contributed by atoms with E-state index in [0.717, 1.165) is 6.07 Å². The summed E-state index contributed by atoms with van der Waals surface area (Å²) < 4.78 is 24.0. The first-order chi connectivity index (χ1) is 8.15. The molecule has 0 radical (unpaired) electrons. The Morgan fingerprint density at radius 3 is 2.88 bits per heavy atom. The monoisotopic (exact) mass is 243 g/mol. The number of fused-ring (bicyclic) bond motifs is 1. The van der Waals surface area contributed by atoms with Gasteiger partial charge < -0.3 is 25.0 Å². The molecule has 3 N–H and O–H groups in total. The highest BCUT2D eigenvalue weighted by Crippen LogP contribution is 2.43. The molecule has 2 rings (SSSR count). The lowest BCUT2D eigenvalue weighted by atomic mass is 10.0. The average molecular weight is 243 g/mol. The van der Waals surface area contributed by atoms with E-state index in [1.807, 2.05) is 0 Å². The van der Waals surface area contributed by atoms with Crippen molar-refractivity contribution in [2.45, 2.75) is 6.10 Å². The predicted molar refractivity (Wildman–Crippen MR) is 57.9 cm³/mol. The number of halogens is 1. The molecule has 1 aromatic carbocycles. The zero-order chi connectivity index (χ0) is 12.4. The highest BCUT2D eigenvalue weighted by molar-refractivity contribution is 5.55. The van der Waals surface area contributed by atoms with Crippen LogP contribution in [0.1, 0.15) is 11.7 Å². The summed E-state index contributed by atoms with van der Waals surface area (Å²) in [6, 6.07) is 1.05. The van der Waals surface area contributed by atoms with Crippen LogP contribution in [0.5, 0.6) is 17.2 Å². The van der Waals surface area contributed by atoms with Crippen molar-refractivity contribution in [3.63, 3.8) is 0 Å². The Kier molecular flexibility index (Phi) is 3.35. The summed E-state index contributed by atoms with van der Waals surface area (Å²) in [5.74, 6) is -1.02. The molecule has 5 nitrogen and oxygen atoms in total. The first kappa shape index (κ1) is 11.9. The van der Waals surface area contributed by atoms with E-state index in [1.165, 1.54) is 0 Å². The van der Waals surface area contributed by atoms with Crippen molar-refractivity contribution in [2.75, 3.05) is 26.8 Å². The van der Waals surface area contributed by atoms with Crippen LogP contribution < -0.4 is 14.8 Å². The molecule has 0 aliphatic carbocycles. The zero-order valence-electron chi connectivity index (χ0n) is 9.36. The van der Waals surface area contributed by atoms with Crippen molar-refractivity contribution < 1.29 is 24.1 Å². The molecular formula is C11H14FNO4. The molecule has 0 bridgehead atoms. The van der Waals surface area contributed by atoms with E-state index < -0.39 is 17.7 Å². The van der Waals surface area contributed by atoms with Gasteiger partial charge in [0.15, 0.2) is 23.1 Å². The minimum atomic E-state index is -1.06. The molecule has 1 heterocycles. The quantitative estimate of drug-likeness (QED) is 0.723. The summed E-state index contributed by atoms with van der Waals surface area (Å²) in [4.78, 5) is 0. The molecule has 94 valence electrons. The van der Waals surface area contributed by atoms with Gasteiger partial charge >= 0.3 is 0 Å². The molecule has 1 aliphatic heterocycles. The number of phenols is 1. The molecule has 1 aromatic rings. The molecule has 6 heteroatoms. The third-order valence-corrected chi connectivity index (χ3v) is 2.53. The maximum absolute atomic E-state index is 13.5. The van der Waals surface area contributed by atoms with E-state index in [-0.39, 0.29) is 23.6 Å². The summed E-state index contributed by atoms with van der Waals surface area (Å²) in [6.07, 6.45) is -1.06. The van der Waals surface area contributed by atoms with Crippen LogP contribution in [0.3, 0.4) is 0 Å². The second-order valence-electron chi connectivity index (χ2n) is 3.72. The topological polar surface area (TPSA) is 71.0 Å². The summed E-state index contributed by atoms with van der Waals surface area (Å²) >= 11 is 0. The first-order valence-corrected chi connectivity index (χ1v) is 5.28. The van der Waals surface area contributed by atoms with Crippen LogP contribution >= 0.6 is 0 Å². The molecule has 1 unspecified atom stereocenters. The Hall–Kier alpha value is -1.53. The van der Waals surface area contributed by atoms with E-state index >= 15 is 0 Å². The minimum absolute atomic E-state index is 0.0223. The number of aromatic hydroxyl groups is 1. The molecule has 0 amide bonds. The number of ether oxygens (including phenoxy) is 2. The van der Waals surface area contributed by atoms with Gasteiger partial charge in [-0.2, -0.15) is 0 Å². The normalized spacial score (nSPS) is 15.7. The Balaban J connectivity index is 2.50. The largest absolute Gasteiger partial charge is 0.504 e. The van der Waals surface area contributed by atoms with Crippen LogP contribution in [0, 0.1) is 5.82 Å². The van der Waals surface area contributed by atoms with E-state index in [4.69, 9.17) is 9.47 Å². The summed E-state index contributed by atoms with van der Waals surface area (Å²) in [5.41, 5.74) is 0.0223. The van der Waals surface area contributed by atoms with Crippen LogP contribution in [0.4, 0.5) is 4.39 Å². The van der Waals surface area contributed by atoms with Crippen LogP contribution in [-0.4, -0.2) is 37.0 Å². The maximum atomic E-state index is 13.5. The van der Waals surface area contributed by atoms with Crippen molar-refractivity contribution in [3.05, 3.63) is 17.4 Å². The van der Waals surface area contributed by atoms with Gasteiger partial charge in [-0.05, 0) is 7.05 Å². The number of aliphatic hydroxyl groups is 1. The Morgan fingerprint density at radius 1 is 1.47 bits per heavy atom. The number of hydrogen-bond donors (Lipinski definition) is 3. The second-order valence-corrected chi connectivity index (χ2v) is 3.72. The molecule has 0 aromatic heterocycles. The number of phenolic OH excluding ortho intramolecular Hbond substituents is 1. The van der Waals surface area contributed by atoms with Gasteiger partial charge in [0, 0.05) is 12.6 Å². The summed E-state index contributed by atoms with van der Waals surface area (Å²) in [7, 11) is 1.64. The molecule has 1 aliphatic rings. The van der Waals surface area contributed by atoms with Crippen molar-refractivity contribution in [1.29, 1.82) is 0 Å². The molecular weight excluding hydrogens is 229 g/mol. The van der Waals surface area contributed by atoms with Crippen molar-refractivity contribution in [2.24, 2.45) is 0 Å². The molecule has 0 spiro atoms. The SMILES string of the molecule is CNCC(O)c1c(O)c(F)cc2c1OCCO2. The van der Waals surface area contributed by atoms with Gasteiger partial charge in [0.1, 0.15) is 13.2 Å². The summed E-state index contributed by atoms with van der Waals surface area (Å²) in [6.45, 7) is 0.795. The summed E-state index contributed by atoms with van der Waals surface area (Å²) in [5, 5.41) is 22.2. The molecule has 0 fully saturated rings. The third kappa shape index (κ3) is 2.13. The van der Waals surface area contributed by atoms with Gasteiger partial charge in [-0.3, -0.25) is 0 Å². The van der Waals surface area contributed by atoms with Gasteiger partial charge in [-0.1, -0.05) is 0 Å². The Morgan fingerprint density at radius 2 is 2.18 bits per heavy atom. The highest BCUT2D eigenvalue weighted by Gasteiger charge is 2.27. The maximum Gasteiger partial charge on any atom is 0.171 e. The zero-order valence-corrected chi connectivity index (χ0v) is 9.36. The molecule has 1 atom stereocenters. The fraction of sp³-hybridized carbons (Fsp3) is 0.455. The Bertz CT molecular complexity index is 424. The molecule has 17 heavy (non-hydrogen) atoms. The van der Waals surface area contributed by atoms with Gasteiger partial charge in [0.2, 0.25) is 0 Å². The number of hydrogen-bond acceptors (Lipinski definition) is 5. The van der Waals surface area contributed by atoms with Gasteiger partial charge in [0.05, 0.1) is 11.7 Å². The highest BCUT2D eigenvalue weighted by atomic mass is 19.1. The number of aliphatic hydroxyl groups excluding tert-OH is 1. The average Bonchev–Trinajstić information content (AvgIpc) is 2.31. The van der Waals surface area contributed by atoms with E-state index in [9.17, 15) is 14.6 Å². The van der Waals surface area contributed by atoms with Crippen LogP contribution in [0.15, 0.2) is 6.07 Å². The fourth-order valence-corrected chi connectivity index (χ4v) is 1.77. The van der Waals surface area contributed by atoms with Crippen molar-refractivity contribution in [1.82, 2.24) is 5.32 Å². The number of benzene rings is 1. The third-order valence-electron chi connectivity index (χ3n) is 2.53. The molecule has 0 saturated heterocycles. The Labute approximate surface area is 97.8 Å². The standard InChI is InChI=1S/C11H14FNO4/c1-13-5-7(14)9-10(15)6(12)4-8-11(9)17-3-2-16-8/h4,7,13-15H,2-3,5H2,1H3. The lowest BCUT2D eigenvalue weighted by Gasteiger charge is -2.24. The van der Waals surface area contributed by atoms with Crippen LogP contribution in [0.2, 0.25) is 0 Å². The lowest BCUT2D eigenvalue weighted by molar-refractivity contribution is 0.141. The van der Waals surface area contributed by atoms with E-state index in [2.05, 4.69) is 5.32 Å². The van der Waals surface area contributed by atoms with E-state index in [0.29, 0.717) is 13.2 Å². The predicted octanol–water partition coefficient (Wildman–Crippen LogP) is 0.555. The van der Waals surface area contributed by atoms with E-state index in [1.54, 1.807) is 7.05 Å². The van der Waals surface area contributed by atoms with Gasteiger partial charge in [-0.15, -0.1) is 0 Å². The smallest absolute Gasteiger partial charge is 0.171 e. The number of nitrogens with one attached hydrogen (secondary N) is 1. The van der Waals surface area contributed by atoms with Crippen LogP contribution in [-0.2, 0) is 0 Å². The number of rotatable bonds is 3. The minimum Gasteiger partial charge on any atom is -0.504 e. The van der Waals surface area contributed by atoms with Gasteiger partial charge in [-0.25, -0.2) is 4.39 Å². The lowest BCUT2D eigenvalue weighted by Crippen LogP contribution is -2.21. The van der Waals surface area contributed by atoms with Crippen molar-refractivity contribution in [3.8, 4) is 17.2 Å². The number of likely N-dealkylation sites (N-methyl/N-ethyl adjacent to an activating group) is 1. The molecule has 0 saturated carbocycles.